The second-order valence-corrected chi connectivity index (χ2v) is 5.49. The quantitative estimate of drug-likeness (QED) is 0.840. The van der Waals surface area contributed by atoms with Crippen LogP contribution in [0.5, 0.6) is 0 Å². The maximum atomic E-state index is 13.9. The summed E-state index contributed by atoms with van der Waals surface area (Å²) in [4.78, 5) is 13.6. The van der Waals surface area contributed by atoms with Crippen molar-refractivity contribution < 1.29 is 13.6 Å². The van der Waals surface area contributed by atoms with Crippen molar-refractivity contribution in [2.75, 3.05) is 10.7 Å². The van der Waals surface area contributed by atoms with Crippen LogP contribution in [0.15, 0.2) is 48.5 Å². The number of carbonyl (C=O) groups excluding carboxylic acids is 1. The van der Waals surface area contributed by atoms with Gasteiger partial charge < -0.3 is 0 Å². The third kappa shape index (κ3) is 2.29. The van der Waals surface area contributed by atoms with Gasteiger partial charge in [0.2, 0.25) is 5.91 Å². The van der Waals surface area contributed by atoms with Crippen molar-refractivity contribution in [2.24, 2.45) is 0 Å². The van der Waals surface area contributed by atoms with E-state index in [4.69, 9.17) is 0 Å². The highest BCUT2D eigenvalue weighted by Gasteiger charge is 2.35. The highest BCUT2D eigenvalue weighted by molar-refractivity contribution is 8.00. The molecule has 1 atom stereocenters. The molecule has 1 heterocycles. The van der Waals surface area contributed by atoms with Gasteiger partial charge in [-0.25, -0.2) is 8.78 Å². The summed E-state index contributed by atoms with van der Waals surface area (Å²) in [5.41, 5.74) is 1.04. The number of hydrogen-bond acceptors (Lipinski definition) is 2. The highest BCUT2D eigenvalue weighted by atomic mass is 32.2. The summed E-state index contributed by atoms with van der Waals surface area (Å²) in [5, 5.41) is -0.408. The fourth-order valence-corrected chi connectivity index (χ4v) is 3.41. The molecule has 1 aliphatic rings. The van der Waals surface area contributed by atoms with Crippen LogP contribution in [0.2, 0.25) is 0 Å². The number of halogens is 2. The van der Waals surface area contributed by atoms with Gasteiger partial charge in [0.25, 0.3) is 0 Å². The zero-order valence-corrected chi connectivity index (χ0v) is 11.2. The number of carbonyl (C=O) groups is 1. The summed E-state index contributed by atoms with van der Waals surface area (Å²) in [7, 11) is 0. The van der Waals surface area contributed by atoms with Gasteiger partial charge in [-0.05, 0) is 30.3 Å². The van der Waals surface area contributed by atoms with Crippen LogP contribution in [0.4, 0.5) is 14.5 Å². The van der Waals surface area contributed by atoms with E-state index in [1.54, 1.807) is 18.2 Å². The molecule has 0 saturated carbocycles. The lowest BCUT2D eigenvalue weighted by atomic mass is 10.1. The number of rotatable bonds is 2. The average molecular weight is 291 g/mol. The average Bonchev–Trinajstić information content (AvgIpc) is 2.82. The third-order valence-corrected chi connectivity index (χ3v) is 4.34. The maximum absolute atomic E-state index is 13.9. The van der Waals surface area contributed by atoms with E-state index in [9.17, 15) is 13.6 Å². The van der Waals surface area contributed by atoms with Crippen molar-refractivity contribution in [1.82, 2.24) is 0 Å². The minimum atomic E-state index is -0.408. The molecule has 102 valence electrons. The van der Waals surface area contributed by atoms with Crippen molar-refractivity contribution in [3.8, 4) is 0 Å². The predicted molar refractivity (Wildman–Crippen MR) is 75.5 cm³/mol. The van der Waals surface area contributed by atoms with Crippen molar-refractivity contribution in [1.29, 1.82) is 0 Å². The molecule has 0 spiro atoms. The Morgan fingerprint density at radius 1 is 1.05 bits per heavy atom. The summed E-state index contributed by atoms with van der Waals surface area (Å²) in [5.74, 6) is -0.520. The highest BCUT2D eigenvalue weighted by Crippen LogP contribution is 2.42. The van der Waals surface area contributed by atoms with E-state index < -0.39 is 5.37 Å². The lowest BCUT2D eigenvalue weighted by Crippen LogP contribution is -2.28. The number of anilines is 1. The van der Waals surface area contributed by atoms with Crippen LogP contribution in [-0.2, 0) is 4.79 Å². The van der Waals surface area contributed by atoms with Crippen molar-refractivity contribution in [2.45, 2.75) is 5.37 Å². The zero-order valence-electron chi connectivity index (χ0n) is 10.4. The van der Waals surface area contributed by atoms with E-state index >= 15 is 0 Å². The zero-order chi connectivity index (χ0) is 14.1. The molecule has 2 aromatic carbocycles. The van der Waals surface area contributed by atoms with Gasteiger partial charge in [0.1, 0.15) is 17.0 Å². The number of benzene rings is 2. The first-order valence-corrected chi connectivity index (χ1v) is 7.15. The first-order chi connectivity index (χ1) is 9.66. The Kier molecular flexibility index (Phi) is 3.44. The van der Waals surface area contributed by atoms with Crippen LogP contribution in [0.25, 0.3) is 0 Å². The molecule has 1 fully saturated rings. The fraction of sp³-hybridized carbons (Fsp3) is 0.133. The topological polar surface area (TPSA) is 20.3 Å². The first-order valence-electron chi connectivity index (χ1n) is 6.10. The van der Waals surface area contributed by atoms with Gasteiger partial charge in [-0.15, -0.1) is 11.8 Å². The van der Waals surface area contributed by atoms with Gasteiger partial charge in [-0.3, -0.25) is 9.69 Å². The summed E-state index contributed by atoms with van der Waals surface area (Å²) in [6.45, 7) is 0. The molecule has 1 saturated heterocycles. The Bertz CT molecular complexity index is 645. The molecule has 1 amide bonds. The van der Waals surface area contributed by atoms with Gasteiger partial charge in [0.05, 0.1) is 5.75 Å². The minimum absolute atomic E-state index is 0.102. The minimum Gasteiger partial charge on any atom is -0.295 e. The molecule has 1 unspecified atom stereocenters. The molecule has 2 aromatic rings. The van der Waals surface area contributed by atoms with Crippen molar-refractivity contribution >= 4 is 23.4 Å². The lowest BCUT2D eigenvalue weighted by molar-refractivity contribution is -0.115. The van der Waals surface area contributed by atoms with Crippen LogP contribution in [0.1, 0.15) is 10.9 Å². The van der Waals surface area contributed by atoms with Crippen LogP contribution < -0.4 is 4.90 Å². The van der Waals surface area contributed by atoms with Crippen LogP contribution in [0.3, 0.4) is 0 Å². The standard InChI is InChI=1S/C15H11F2NOS/c16-10-5-7-11(8-6-10)18-14(19)9-20-15(18)12-3-1-2-4-13(12)17/h1-8,15H,9H2. The molecule has 2 nitrogen and oxygen atoms in total. The second kappa shape index (κ2) is 5.25. The molecule has 0 N–H and O–H groups in total. The van der Waals surface area contributed by atoms with Crippen molar-refractivity contribution in [3.05, 3.63) is 65.7 Å². The van der Waals surface area contributed by atoms with Crippen molar-refractivity contribution in [3.63, 3.8) is 0 Å². The van der Waals surface area contributed by atoms with Crippen LogP contribution in [-0.4, -0.2) is 11.7 Å². The monoisotopic (exact) mass is 291 g/mol. The molecule has 0 radical (unpaired) electrons. The number of thioether (sulfide) groups is 1. The van der Waals surface area contributed by atoms with E-state index in [1.807, 2.05) is 0 Å². The third-order valence-electron chi connectivity index (χ3n) is 3.14. The molecular formula is C15H11F2NOS. The first kappa shape index (κ1) is 13.1. The molecule has 20 heavy (non-hydrogen) atoms. The molecule has 3 rings (SSSR count). The lowest BCUT2D eigenvalue weighted by Gasteiger charge is -2.24. The summed E-state index contributed by atoms with van der Waals surface area (Å²) >= 11 is 1.37. The van der Waals surface area contributed by atoms with Crippen LogP contribution in [0, 0.1) is 11.6 Å². The molecular weight excluding hydrogens is 280 g/mol. The Balaban J connectivity index is 2.01. The Hall–Kier alpha value is -1.88. The second-order valence-electron chi connectivity index (χ2n) is 4.43. The number of nitrogens with zero attached hydrogens (tertiary/aromatic N) is 1. The molecule has 1 aliphatic heterocycles. The fourth-order valence-electron chi connectivity index (χ4n) is 2.21. The molecule has 0 bridgehead atoms. The smallest absolute Gasteiger partial charge is 0.238 e. The number of amides is 1. The molecule has 5 heteroatoms. The SMILES string of the molecule is O=C1CSC(c2ccccc2F)N1c1ccc(F)cc1. The predicted octanol–water partition coefficient (Wildman–Crippen LogP) is 3.74. The van der Waals surface area contributed by atoms with E-state index in [-0.39, 0.29) is 23.3 Å². The normalized spacial score (nSPS) is 18.6. The Morgan fingerprint density at radius 3 is 2.45 bits per heavy atom. The number of hydrogen-bond donors (Lipinski definition) is 0. The van der Waals surface area contributed by atoms with Gasteiger partial charge in [0, 0.05) is 11.3 Å². The Labute approximate surface area is 119 Å². The van der Waals surface area contributed by atoms with Gasteiger partial charge in [0.15, 0.2) is 0 Å². The Morgan fingerprint density at radius 2 is 1.75 bits per heavy atom. The largest absolute Gasteiger partial charge is 0.295 e. The molecule has 0 aliphatic carbocycles. The van der Waals surface area contributed by atoms with E-state index in [2.05, 4.69) is 0 Å². The van der Waals surface area contributed by atoms with E-state index in [0.29, 0.717) is 11.3 Å². The van der Waals surface area contributed by atoms with Gasteiger partial charge in [-0.2, -0.15) is 0 Å². The van der Waals surface area contributed by atoms with E-state index in [0.717, 1.165) is 0 Å². The van der Waals surface area contributed by atoms with Crippen LogP contribution >= 0.6 is 11.8 Å². The van der Waals surface area contributed by atoms with Gasteiger partial charge >= 0.3 is 0 Å². The summed E-state index contributed by atoms with van der Waals surface area (Å²) in [6.07, 6.45) is 0. The van der Waals surface area contributed by atoms with Gasteiger partial charge in [-0.1, -0.05) is 18.2 Å². The summed E-state index contributed by atoms with van der Waals surface area (Å²) < 4.78 is 26.9. The van der Waals surface area contributed by atoms with E-state index in [1.165, 1.54) is 47.0 Å². The summed E-state index contributed by atoms with van der Waals surface area (Å²) in [6, 6.07) is 12.1. The molecule has 0 aromatic heterocycles. The maximum Gasteiger partial charge on any atom is 0.238 e.